The van der Waals surface area contributed by atoms with Crippen LogP contribution in [0.5, 0.6) is 5.19 Å². The van der Waals surface area contributed by atoms with Crippen LogP contribution in [0.3, 0.4) is 0 Å². The van der Waals surface area contributed by atoms with Crippen molar-refractivity contribution >= 4 is 43.6 Å². The van der Waals surface area contributed by atoms with Crippen molar-refractivity contribution in [2.75, 3.05) is 18.0 Å². The quantitative estimate of drug-likeness (QED) is 0.510. The van der Waals surface area contributed by atoms with E-state index < -0.39 is 0 Å². The SMILES string of the molecule is CC(Oc1nc2ccc(Br)nc2s1)C1CCN(c2ncc(C3CC3)cn2)CC1. The highest BCUT2D eigenvalue weighted by Gasteiger charge is 2.28. The van der Waals surface area contributed by atoms with Crippen LogP contribution in [-0.4, -0.2) is 39.1 Å². The number of hydrogen-bond donors (Lipinski definition) is 0. The molecule has 1 aliphatic heterocycles. The summed E-state index contributed by atoms with van der Waals surface area (Å²) < 4.78 is 6.99. The van der Waals surface area contributed by atoms with E-state index in [4.69, 9.17) is 4.74 Å². The Hall–Kier alpha value is -1.80. The molecule has 1 saturated heterocycles. The van der Waals surface area contributed by atoms with Crippen LogP contribution < -0.4 is 9.64 Å². The number of thiazole rings is 1. The molecule has 0 bridgehead atoms. The van der Waals surface area contributed by atoms with Gasteiger partial charge >= 0.3 is 0 Å². The van der Waals surface area contributed by atoms with Gasteiger partial charge in [0.1, 0.15) is 21.1 Å². The number of piperidine rings is 1. The molecule has 4 heterocycles. The Bertz CT molecular complexity index is 966. The maximum absolute atomic E-state index is 6.17. The van der Waals surface area contributed by atoms with E-state index in [-0.39, 0.29) is 6.10 Å². The van der Waals surface area contributed by atoms with E-state index in [2.05, 4.69) is 47.7 Å². The standard InChI is InChI=1S/C20H22BrN5OS/c1-12(27-20-24-16-4-5-17(21)25-18(16)28-20)13-6-8-26(9-7-13)19-22-10-15(11-23-19)14-2-3-14/h4-5,10-14H,2-3,6-9H2,1H3. The smallest absolute Gasteiger partial charge is 0.276 e. The van der Waals surface area contributed by atoms with Gasteiger partial charge in [0.2, 0.25) is 5.95 Å². The van der Waals surface area contributed by atoms with E-state index in [1.54, 1.807) is 0 Å². The van der Waals surface area contributed by atoms with Crippen LogP contribution in [0.4, 0.5) is 5.95 Å². The molecule has 3 aromatic heterocycles. The predicted molar refractivity (Wildman–Crippen MR) is 114 cm³/mol. The van der Waals surface area contributed by atoms with E-state index in [1.165, 1.54) is 29.7 Å². The van der Waals surface area contributed by atoms with Crippen molar-refractivity contribution in [2.24, 2.45) is 5.92 Å². The molecule has 8 heteroatoms. The van der Waals surface area contributed by atoms with Crippen LogP contribution >= 0.6 is 27.3 Å². The van der Waals surface area contributed by atoms with Crippen LogP contribution in [-0.2, 0) is 0 Å². The van der Waals surface area contributed by atoms with Crippen LogP contribution in [0.1, 0.15) is 44.1 Å². The molecule has 5 rings (SSSR count). The maximum atomic E-state index is 6.17. The fourth-order valence-electron chi connectivity index (χ4n) is 3.77. The molecule has 0 radical (unpaired) electrons. The van der Waals surface area contributed by atoms with Crippen molar-refractivity contribution in [3.8, 4) is 5.19 Å². The fraction of sp³-hybridized carbons (Fsp3) is 0.500. The molecule has 6 nitrogen and oxygen atoms in total. The van der Waals surface area contributed by atoms with Crippen LogP contribution in [0, 0.1) is 5.92 Å². The lowest BCUT2D eigenvalue weighted by Crippen LogP contribution is -2.39. The Balaban J connectivity index is 1.18. The minimum Gasteiger partial charge on any atom is -0.467 e. The lowest BCUT2D eigenvalue weighted by molar-refractivity contribution is 0.132. The van der Waals surface area contributed by atoms with Crippen LogP contribution in [0.2, 0.25) is 0 Å². The monoisotopic (exact) mass is 459 g/mol. The lowest BCUT2D eigenvalue weighted by Gasteiger charge is -2.34. The van der Waals surface area contributed by atoms with Crippen LogP contribution in [0.15, 0.2) is 29.1 Å². The number of halogens is 1. The third-order valence-corrected chi connectivity index (χ3v) is 6.98. The third kappa shape index (κ3) is 3.85. The molecule has 1 saturated carbocycles. The van der Waals surface area contributed by atoms with E-state index in [1.807, 2.05) is 24.5 Å². The average molecular weight is 460 g/mol. The molecule has 1 atom stereocenters. The summed E-state index contributed by atoms with van der Waals surface area (Å²) in [6, 6.07) is 3.87. The summed E-state index contributed by atoms with van der Waals surface area (Å²) in [7, 11) is 0. The minimum absolute atomic E-state index is 0.129. The summed E-state index contributed by atoms with van der Waals surface area (Å²) in [6.07, 6.45) is 8.87. The fourth-order valence-corrected chi connectivity index (χ4v) is 5.07. The second kappa shape index (κ2) is 7.55. The summed E-state index contributed by atoms with van der Waals surface area (Å²) in [5.74, 6) is 2.07. The van der Waals surface area contributed by atoms with Gasteiger partial charge in [0.15, 0.2) is 0 Å². The van der Waals surface area contributed by atoms with Gasteiger partial charge in [0, 0.05) is 25.5 Å². The molecule has 146 valence electrons. The lowest BCUT2D eigenvalue weighted by atomic mass is 9.92. The highest BCUT2D eigenvalue weighted by atomic mass is 79.9. The largest absolute Gasteiger partial charge is 0.467 e. The van der Waals surface area contributed by atoms with E-state index in [0.29, 0.717) is 17.0 Å². The van der Waals surface area contributed by atoms with E-state index in [0.717, 1.165) is 46.8 Å². The molecule has 1 aliphatic carbocycles. The molecular formula is C20H22BrN5OS. The topological polar surface area (TPSA) is 64.0 Å². The summed E-state index contributed by atoms with van der Waals surface area (Å²) in [5.41, 5.74) is 2.18. The molecule has 0 N–H and O–H groups in total. The Morgan fingerprint density at radius 3 is 2.57 bits per heavy atom. The van der Waals surface area contributed by atoms with Gasteiger partial charge in [-0.1, -0.05) is 11.3 Å². The predicted octanol–water partition coefficient (Wildman–Crippen LogP) is 4.81. The van der Waals surface area contributed by atoms with Gasteiger partial charge in [-0.2, -0.15) is 0 Å². The zero-order valence-electron chi connectivity index (χ0n) is 15.7. The van der Waals surface area contributed by atoms with Crippen molar-refractivity contribution < 1.29 is 4.74 Å². The molecule has 2 fully saturated rings. The van der Waals surface area contributed by atoms with Crippen molar-refractivity contribution in [1.82, 2.24) is 19.9 Å². The number of aromatic nitrogens is 4. The van der Waals surface area contributed by atoms with E-state index in [9.17, 15) is 0 Å². The molecule has 0 aromatic carbocycles. The van der Waals surface area contributed by atoms with Crippen molar-refractivity contribution in [1.29, 1.82) is 0 Å². The second-order valence-electron chi connectivity index (χ2n) is 7.68. The normalized spacial score (nSPS) is 19.1. The third-order valence-electron chi connectivity index (χ3n) is 5.68. The van der Waals surface area contributed by atoms with Crippen LogP contribution in [0.25, 0.3) is 10.3 Å². The Labute approximate surface area is 176 Å². The average Bonchev–Trinajstić information content (AvgIpc) is 3.49. The molecule has 0 amide bonds. The minimum atomic E-state index is 0.129. The second-order valence-corrected chi connectivity index (χ2v) is 9.43. The number of fused-ring (bicyclic) bond motifs is 1. The molecule has 2 aliphatic rings. The number of rotatable bonds is 5. The molecule has 1 unspecified atom stereocenters. The first-order valence-corrected chi connectivity index (χ1v) is 11.4. The van der Waals surface area contributed by atoms with Gasteiger partial charge < -0.3 is 9.64 Å². The summed E-state index contributed by atoms with van der Waals surface area (Å²) >= 11 is 4.91. The Kier molecular flexibility index (Phi) is 4.92. The first-order chi connectivity index (χ1) is 13.7. The first kappa shape index (κ1) is 18.2. The van der Waals surface area contributed by atoms with Gasteiger partial charge in [-0.05, 0) is 78.1 Å². The van der Waals surface area contributed by atoms with Gasteiger partial charge in [-0.25, -0.2) is 19.9 Å². The highest BCUT2D eigenvalue weighted by molar-refractivity contribution is 9.10. The zero-order valence-corrected chi connectivity index (χ0v) is 18.1. The van der Waals surface area contributed by atoms with Gasteiger partial charge in [-0.3, -0.25) is 0 Å². The van der Waals surface area contributed by atoms with Gasteiger partial charge in [0.25, 0.3) is 5.19 Å². The first-order valence-electron chi connectivity index (χ1n) is 9.82. The summed E-state index contributed by atoms with van der Waals surface area (Å²) in [6.45, 7) is 4.08. The summed E-state index contributed by atoms with van der Waals surface area (Å²) in [4.78, 5) is 21.4. The molecule has 28 heavy (non-hydrogen) atoms. The van der Waals surface area contributed by atoms with Crippen molar-refractivity contribution in [3.05, 3.63) is 34.7 Å². The highest BCUT2D eigenvalue weighted by Crippen LogP contribution is 2.39. The molecule has 0 spiro atoms. The maximum Gasteiger partial charge on any atom is 0.276 e. The Morgan fingerprint density at radius 1 is 1.11 bits per heavy atom. The summed E-state index contributed by atoms with van der Waals surface area (Å²) in [5, 5.41) is 0.703. The number of anilines is 1. The zero-order chi connectivity index (χ0) is 19.1. The molecule has 3 aromatic rings. The van der Waals surface area contributed by atoms with Crippen molar-refractivity contribution in [2.45, 2.75) is 44.6 Å². The molecular weight excluding hydrogens is 438 g/mol. The number of nitrogens with zero attached hydrogens (tertiary/aromatic N) is 5. The number of pyridine rings is 1. The number of hydrogen-bond acceptors (Lipinski definition) is 7. The number of ether oxygens (including phenoxy) is 1. The van der Waals surface area contributed by atoms with Gasteiger partial charge in [-0.15, -0.1) is 0 Å². The van der Waals surface area contributed by atoms with E-state index >= 15 is 0 Å². The van der Waals surface area contributed by atoms with Crippen molar-refractivity contribution in [3.63, 3.8) is 0 Å². The van der Waals surface area contributed by atoms with Gasteiger partial charge in [0.05, 0.1) is 0 Å². The Morgan fingerprint density at radius 2 is 1.86 bits per heavy atom.